The normalized spacial score (nSPS) is 24.5. The predicted molar refractivity (Wildman–Crippen MR) is 99.1 cm³/mol. The van der Waals surface area contributed by atoms with Crippen molar-refractivity contribution in [2.75, 3.05) is 46.4 Å². The van der Waals surface area contributed by atoms with Crippen LogP contribution in [0.15, 0.2) is 4.99 Å². The second-order valence-corrected chi connectivity index (χ2v) is 7.17. The monoisotopic (exact) mass is 326 g/mol. The highest BCUT2D eigenvalue weighted by atomic mass is 16.5. The van der Waals surface area contributed by atoms with Gasteiger partial charge in [-0.2, -0.15) is 0 Å². The number of aliphatic imine (C=N–C) groups is 1. The number of likely N-dealkylation sites (tertiary alicyclic amines) is 1. The van der Waals surface area contributed by atoms with E-state index in [1.54, 1.807) is 7.11 Å². The molecule has 0 saturated carbocycles. The van der Waals surface area contributed by atoms with Crippen LogP contribution in [-0.4, -0.2) is 63.3 Å². The molecular weight excluding hydrogens is 288 g/mol. The van der Waals surface area contributed by atoms with E-state index < -0.39 is 0 Å². The Morgan fingerprint density at radius 2 is 1.96 bits per heavy atom. The molecule has 1 saturated heterocycles. The highest BCUT2D eigenvalue weighted by Crippen LogP contribution is 2.20. The number of guanidine groups is 1. The third-order valence-corrected chi connectivity index (χ3v) is 4.24. The minimum absolute atomic E-state index is 0.272. The highest BCUT2D eigenvalue weighted by Gasteiger charge is 2.20. The molecule has 3 atom stereocenters. The van der Waals surface area contributed by atoms with Crippen LogP contribution in [0.5, 0.6) is 0 Å². The average molecular weight is 327 g/mol. The lowest BCUT2D eigenvalue weighted by Crippen LogP contribution is -2.44. The van der Waals surface area contributed by atoms with Crippen LogP contribution in [0.1, 0.15) is 47.0 Å². The van der Waals surface area contributed by atoms with Crippen LogP contribution in [0, 0.1) is 11.8 Å². The Hall–Kier alpha value is -0.810. The number of nitrogens with zero attached hydrogens (tertiary/aromatic N) is 2. The summed E-state index contributed by atoms with van der Waals surface area (Å²) in [6.45, 7) is 15.2. The van der Waals surface area contributed by atoms with Crippen LogP contribution >= 0.6 is 0 Å². The van der Waals surface area contributed by atoms with Crippen LogP contribution in [0.25, 0.3) is 0 Å². The molecule has 5 heteroatoms. The van der Waals surface area contributed by atoms with Crippen LogP contribution < -0.4 is 10.6 Å². The van der Waals surface area contributed by atoms with E-state index in [2.05, 4.69) is 48.2 Å². The first kappa shape index (κ1) is 20.2. The predicted octanol–water partition coefficient (Wildman–Crippen LogP) is 2.33. The molecule has 0 aromatic rings. The average Bonchev–Trinajstić information content (AvgIpc) is 2.46. The van der Waals surface area contributed by atoms with Crippen molar-refractivity contribution in [3.8, 4) is 0 Å². The molecule has 0 aliphatic carbocycles. The summed E-state index contributed by atoms with van der Waals surface area (Å²) in [7, 11) is 1.73. The van der Waals surface area contributed by atoms with Gasteiger partial charge in [0, 0.05) is 39.3 Å². The number of ether oxygens (including phenoxy) is 1. The summed E-state index contributed by atoms with van der Waals surface area (Å²) in [6, 6.07) is 0.272. The van der Waals surface area contributed by atoms with Gasteiger partial charge in [-0.15, -0.1) is 0 Å². The zero-order chi connectivity index (χ0) is 17.1. The van der Waals surface area contributed by atoms with Gasteiger partial charge < -0.3 is 20.3 Å². The minimum Gasteiger partial charge on any atom is -0.383 e. The molecule has 0 aromatic heterocycles. The largest absolute Gasteiger partial charge is 0.383 e. The van der Waals surface area contributed by atoms with Crippen molar-refractivity contribution >= 4 is 5.96 Å². The van der Waals surface area contributed by atoms with Gasteiger partial charge in [0.15, 0.2) is 5.96 Å². The molecule has 1 rings (SSSR count). The second-order valence-electron chi connectivity index (χ2n) is 7.17. The summed E-state index contributed by atoms with van der Waals surface area (Å²) in [6.07, 6.45) is 3.77. The summed E-state index contributed by atoms with van der Waals surface area (Å²) in [4.78, 5) is 7.30. The maximum atomic E-state index is 5.16. The number of hydrogen-bond acceptors (Lipinski definition) is 3. The molecule has 1 heterocycles. The molecule has 5 nitrogen and oxygen atoms in total. The summed E-state index contributed by atoms with van der Waals surface area (Å²) in [5.74, 6) is 2.60. The van der Waals surface area contributed by atoms with Crippen molar-refractivity contribution in [3.05, 3.63) is 0 Å². The fraction of sp³-hybridized carbons (Fsp3) is 0.944. The summed E-state index contributed by atoms with van der Waals surface area (Å²) >= 11 is 0. The Bertz CT molecular complexity index is 325. The van der Waals surface area contributed by atoms with E-state index in [9.17, 15) is 0 Å². The molecule has 23 heavy (non-hydrogen) atoms. The smallest absolute Gasteiger partial charge is 0.191 e. The molecule has 1 aliphatic rings. The Morgan fingerprint density at radius 1 is 1.26 bits per heavy atom. The van der Waals surface area contributed by atoms with Crippen molar-refractivity contribution in [1.82, 2.24) is 15.5 Å². The van der Waals surface area contributed by atoms with Crippen molar-refractivity contribution in [3.63, 3.8) is 0 Å². The minimum atomic E-state index is 0.272. The first-order valence-corrected chi connectivity index (χ1v) is 9.31. The van der Waals surface area contributed by atoms with Crippen molar-refractivity contribution in [1.29, 1.82) is 0 Å². The fourth-order valence-electron chi connectivity index (χ4n) is 3.46. The van der Waals surface area contributed by atoms with Crippen LogP contribution in [0.2, 0.25) is 0 Å². The van der Waals surface area contributed by atoms with E-state index in [1.165, 1.54) is 32.5 Å². The zero-order valence-electron chi connectivity index (χ0n) is 15.9. The van der Waals surface area contributed by atoms with E-state index in [-0.39, 0.29) is 6.04 Å². The maximum Gasteiger partial charge on any atom is 0.191 e. The molecule has 0 aromatic carbocycles. The number of hydrogen-bond donors (Lipinski definition) is 2. The topological polar surface area (TPSA) is 48.9 Å². The van der Waals surface area contributed by atoms with Gasteiger partial charge in [0.2, 0.25) is 0 Å². The SMILES string of the molecule is CCNC(=NCCCCN1CC(C)CC(C)C1)NC(C)COC. The molecule has 0 bridgehead atoms. The summed E-state index contributed by atoms with van der Waals surface area (Å²) in [5, 5.41) is 6.67. The molecule has 1 fully saturated rings. The van der Waals surface area contributed by atoms with Crippen molar-refractivity contribution in [2.45, 2.75) is 53.0 Å². The molecule has 3 unspecified atom stereocenters. The molecule has 2 N–H and O–H groups in total. The summed E-state index contributed by atoms with van der Waals surface area (Å²) in [5.41, 5.74) is 0. The van der Waals surface area contributed by atoms with E-state index in [0.29, 0.717) is 6.61 Å². The number of unbranched alkanes of at least 4 members (excludes halogenated alkanes) is 1. The zero-order valence-corrected chi connectivity index (χ0v) is 15.9. The van der Waals surface area contributed by atoms with Gasteiger partial charge in [-0.1, -0.05) is 13.8 Å². The Balaban J connectivity index is 2.23. The molecule has 1 aliphatic heterocycles. The van der Waals surface area contributed by atoms with Crippen molar-refractivity contribution < 1.29 is 4.74 Å². The van der Waals surface area contributed by atoms with Gasteiger partial charge in [0.25, 0.3) is 0 Å². The standard InChI is InChI=1S/C18H38N4O/c1-6-19-18(21-17(4)14-23-5)20-9-7-8-10-22-12-15(2)11-16(3)13-22/h15-17H,6-14H2,1-5H3,(H2,19,20,21). The quantitative estimate of drug-likeness (QED) is 0.388. The van der Waals surface area contributed by atoms with Gasteiger partial charge >= 0.3 is 0 Å². The third-order valence-electron chi connectivity index (χ3n) is 4.24. The molecule has 0 amide bonds. The second kappa shape index (κ2) is 11.7. The molecule has 0 spiro atoms. The Labute approximate surface area is 143 Å². The van der Waals surface area contributed by atoms with E-state index in [1.807, 2.05) is 0 Å². The van der Waals surface area contributed by atoms with Gasteiger partial charge in [-0.05, 0) is 51.5 Å². The number of rotatable bonds is 9. The third kappa shape index (κ3) is 9.16. The van der Waals surface area contributed by atoms with Crippen molar-refractivity contribution in [2.24, 2.45) is 16.8 Å². The lowest BCUT2D eigenvalue weighted by molar-refractivity contribution is 0.139. The van der Waals surface area contributed by atoms with Gasteiger partial charge in [-0.3, -0.25) is 4.99 Å². The van der Waals surface area contributed by atoms with Gasteiger partial charge in [0.1, 0.15) is 0 Å². The first-order valence-electron chi connectivity index (χ1n) is 9.31. The van der Waals surface area contributed by atoms with E-state index in [4.69, 9.17) is 4.74 Å². The molecular formula is C18H38N4O. The lowest BCUT2D eigenvalue weighted by atomic mass is 9.92. The molecule has 136 valence electrons. The highest BCUT2D eigenvalue weighted by molar-refractivity contribution is 5.80. The maximum absolute atomic E-state index is 5.16. The molecule has 0 radical (unpaired) electrons. The van der Waals surface area contributed by atoms with Crippen LogP contribution in [-0.2, 0) is 4.74 Å². The lowest BCUT2D eigenvalue weighted by Gasteiger charge is -2.34. The van der Waals surface area contributed by atoms with Gasteiger partial charge in [0.05, 0.1) is 6.61 Å². The number of piperidine rings is 1. The van der Waals surface area contributed by atoms with Gasteiger partial charge in [-0.25, -0.2) is 0 Å². The van der Waals surface area contributed by atoms with Crippen LogP contribution in [0.3, 0.4) is 0 Å². The summed E-state index contributed by atoms with van der Waals surface area (Å²) < 4.78 is 5.16. The fourth-order valence-corrected chi connectivity index (χ4v) is 3.46. The number of methoxy groups -OCH3 is 1. The van der Waals surface area contributed by atoms with E-state index >= 15 is 0 Å². The number of nitrogens with one attached hydrogen (secondary N) is 2. The van der Waals surface area contributed by atoms with Crippen LogP contribution in [0.4, 0.5) is 0 Å². The first-order chi connectivity index (χ1) is 11.0. The van der Waals surface area contributed by atoms with E-state index in [0.717, 1.165) is 37.3 Å². The Morgan fingerprint density at radius 3 is 2.57 bits per heavy atom. The Kier molecular flexibility index (Phi) is 10.3.